The molecule has 1 saturated heterocycles. The van der Waals surface area contributed by atoms with Crippen LogP contribution in [0.3, 0.4) is 0 Å². The summed E-state index contributed by atoms with van der Waals surface area (Å²) in [5.74, 6) is -0.249. The molecule has 0 bridgehead atoms. The van der Waals surface area contributed by atoms with Gasteiger partial charge in [0.1, 0.15) is 0 Å². The molecule has 0 aromatic heterocycles. The van der Waals surface area contributed by atoms with Gasteiger partial charge in [-0.05, 0) is 31.8 Å². The lowest BCUT2D eigenvalue weighted by Crippen LogP contribution is -2.22. The highest BCUT2D eigenvalue weighted by molar-refractivity contribution is 5.67. The molecule has 1 unspecified atom stereocenters. The average Bonchev–Trinajstić information content (AvgIpc) is 2.59. The Morgan fingerprint density at radius 2 is 2.20 bits per heavy atom. The number of likely N-dealkylation sites (tertiary alicyclic amines) is 1. The van der Waals surface area contributed by atoms with Crippen LogP contribution < -0.4 is 0 Å². The van der Waals surface area contributed by atoms with Gasteiger partial charge in [-0.1, -0.05) is 26.2 Å². The highest BCUT2D eigenvalue weighted by Gasteiger charge is 2.23. The maximum atomic E-state index is 10.5. The Morgan fingerprint density at radius 3 is 2.87 bits per heavy atom. The van der Waals surface area contributed by atoms with Crippen molar-refractivity contribution in [2.75, 3.05) is 19.6 Å². The number of hydrogen-bond donors (Lipinski definition) is 1. The molecule has 1 rings (SSSR count). The predicted molar refractivity (Wildman–Crippen MR) is 60.9 cm³/mol. The average molecular weight is 213 g/mol. The fourth-order valence-corrected chi connectivity index (χ4v) is 2.29. The lowest BCUT2D eigenvalue weighted by molar-refractivity contribution is -0.138. The van der Waals surface area contributed by atoms with Crippen molar-refractivity contribution in [2.24, 2.45) is 5.92 Å². The first-order chi connectivity index (χ1) is 7.22. The molecule has 1 aliphatic rings. The monoisotopic (exact) mass is 213 g/mol. The number of rotatable bonds is 7. The molecule has 0 aromatic rings. The molecule has 1 atom stereocenters. The number of hydrogen-bond acceptors (Lipinski definition) is 2. The zero-order chi connectivity index (χ0) is 11.1. The van der Waals surface area contributed by atoms with E-state index < -0.39 is 5.97 Å². The third-order valence-electron chi connectivity index (χ3n) is 3.16. The summed E-state index contributed by atoms with van der Waals surface area (Å²) in [6.45, 7) is 5.48. The Bertz CT molecular complexity index is 194. The van der Waals surface area contributed by atoms with Gasteiger partial charge in [0.2, 0.25) is 0 Å². The fourth-order valence-electron chi connectivity index (χ4n) is 2.29. The standard InChI is InChI=1S/C12H23NO2/c1-2-3-4-5-7-13-8-6-11(10-13)9-12(14)15/h11H,2-10H2,1H3,(H,14,15). The molecule has 0 saturated carbocycles. The molecule has 0 aromatic carbocycles. The Morgan fingerprint density at radius 1 is 1.40 bits per heavy atom. The molecule has 0 radical (unpaired) electrons. The van der Waals surface area contributed by atoms with Gasteiger partial charge >= 0.3 is 5.97 Å². The molecule has 1 fully saturated rings. The number of aliphatic carboxylic acids is 1. The van der Waals surface area contributed by atoms with Crippen molar-refractivity contribution in [3.05, 3.63) is 0 Å². The smallest absolute Gasteiger partial charge is 0.303 e. The minimum atomic E-state index is -0.646. The second-order valence-corrected chi connectivity index (χ2v) is 4.61. The summed E-state index contributed by atoms with van der Waals surface area (Å²) in [7, 11) is 0. The molecular weight excluding hydrogens is 190 g/mol. The third kappa shape index (κ3) is 5.17. The number of unbranched alkanes of at least 4 members (excludes halogenated alkanes) is 3. The summed E-state index contributed by atoms with van der Waals surface area (Å²) in [4.78, 5) is 13.0. The van der Waals surface area contributed by atoms with E-state index in [2.05, 4.69) is 11.8 Å². The zero-order valence-electron chi connectivity index (χ0n) is 9.74. The van der Waals surface area contributed by atoms with Crippen molar-refractivity contribution < 1.29 is 9.90 Å². The van der Waals surface area contributed by atoms with Gasteiger partial charge in [-0.15, -0.1) is 0 Å². The van der Waals surface area contributed by atoms with Gasteiger partial charge in [-0.25, -0.2) is 0 Å². The van der Waals surface area contributed by atoms with E-state index in [0.29, 0.717) is 12.3 Å². The molecule has 88 valence electrons. The van der Waals surface area contributed by atoms with Gasteiger partial charge in [0, 0.05) is 13.0 Å². The van der Waals surface area contributed by atoms with E-state index in [1.807, 2.05) is 0 Å². The SMILES string of the molecule is CCCCCCN1CCC(CC(=O)O)C1. The van der Waals surface area contributed by atoms with Crippen molar-refractivity contribution in [3.8, 4) is 0 Å². The van der Waals surface area contributed by atoms with Gasteiger partial charge in [-0.3, -0.25) is 4.79 Å². The van der Waals surface area contributed by atoms with Crippen LogP contribution in [0.2, 0.25) is 0 Å². The van der Waals surface area contributed by atoms with Crippen LogP contribution in [-0.2, 0) is 4.79 Å². The van der Waals surface area contributed by atoms with Crippen LogP contribution in [0.1, 0.15) is 45.4 Å². The minimum Gasteiger partial charge on any atom is -0.481 e. The minimum absolute atomic E-state index is 0.353. The Labute approximate surface area is 92.5 Å². The summed E-state index contributed by atoms with van der Waals surface area (Å²) in [5.41, 5.74) is 0. The maximum absolute atomic E-state index is 10.5. The van der Waals surface area contributed by atoms with E-state index in [9.17, 15) is 4.79 Å². The van der Waals surface area contributed by atoms with E-state index in [-0.39, 0.29) is 0 Å². The topological polar surface area (TPSA) is 40.5 Å². The summed E-state index contributed by atoms with van der Waals surface area (Å²) in [6, 6.07) is 0. The van der Waals surface area contributed by atoms with Crippen LogP contribution in [0.25, 0.3) is 0 Å². The molecule has 15 heavy (non-hydrogen) atoms. The van der Waals surface area contributed by atoms with Gasteiger partial charge < -0.3 is 10.0 Å². The second kappa shape index (κ2) is 6.83. The zero-order valence-corrected chi connectivity index (χ0v) is 9.74. The number of carbonyl (C=O) groups is 1. The van der Waals surface area contributed by atoms with E-state index in [1.165, 1.54) is 25.7 Å². The highest BCUT2D eigenvalue weighted by Crippen LogP contribution is 2.19. The maximum Gasteiger partial charge on any atom is 0.303 e. The van der Waals surface area contributed by atoms with Crippen LogP contribution in [-0.4, -0.2) is 35.6 Å². The van der Waals surface area contributed by atoms with Crippen molar-refractivity contribution in [1.82, 2.24) is 4.90 Å². The molecule has 1 aliphatic heterocycles. The summed E-state index contributed by atoms with van der Waals surface area (Å²) < 4.78 is 0. The van der Waals surface area contributed by atoms with Crippen LogP contribution in [0, 0.1) is 5.92 Å². The molecule has 0 aliphatic carbocycles. The van der Waals surface area contributed by atoms with Crippen LogP contribution in [0.15, 0.2) is 0 Å². The van der Waals surface area contributed by atoms with Crippen molar-refractivity contribution in [3.63, 3.8) is 0 Å². The van der Waals surface area contributed by atoms with E-state index in [0.717, 1.165) is 26.1 Å². The second-order valence-electron chi connectivity index (χ2n) is 4.61. The number of carboxylic acids is 1. The third-order valence-corrected chi connectivity index (χ3v) is 3.16. The van der Waals surface area contributed by atoms with Gasteiger partial charge in [-0.2, -0.15) is 0 Å². The Hall–Kier alpha value is -0.570. The first-order valence-electron chi connectivity index (χ1n) is 6.16. The summed E-state index contributed by atoms with van der Waals surface area (Å²) in [5, 5.41) is 8.69. The lowest BCUT2D eigenvalue weighted by atomic mass is 10.1. The summed E-state index contributed by atoms with van der Waals surface area (Å²) >= 11 is 0. The fraction of sp³-hybridized carbons (Fsp3) is 0.917. The quantitative estimate of drug-likeness (QED) is 0.660. The van der Waals surface area contributed by atoms with Crippen LogP contribution in [0.4, 0.5) is 0 Å². The number of nitrogens with zero attached hydrogens (tertiary/aromatic N) is 1. The van der Waals surface area contributed by atoms with Gasteiger partial charge in [0.15, 0.2) is 0 Å². The Balaban J connectivity index is 2.05. The Kier molecular flexibility index (Phi) is 5.69. The molecule has 0 spiro atoms. The van der Waals surface area contributed by atoms with Crippen molar-refractivity contribution in [2.45, 2.75) is 45.4 Å². The highest BCUT2D eigenvalue weighted by atomic mass is 16.4. The predicted octanol–water partition coefficient (Wildman–Crippen LogP) is 2.36. The van der Waals surface area contributed by atoms with Gasteiger partial charge in [0.25, 0.3) is 0 Å². The molecule has 3 nitrogen and oxygen atoms in total. The molecule has 1 heterocycles. The molecular formula is C12H23NO2. The summed E-state index contributed by atoms with van der Waals surface area (Å²) in [6.07, 6.45) is 6.61. The van der Waals surface area contributed by atoms with E-state index in [1.54, 1.807) is 0 Å². The molecule has 3 heteroatoms. The first-order valence-corrected chi connectivity index (χ1v) is 6.16. The largest absolute Gasteiger partial charge is 0.481 e. The first kappa shape index (κ1) is 12.5. The van der Waals surface area contributed by atoms with Crippen LogP contribution in [0.5, 0.6) is 0 Å². The molecule has 1 N–H and O–H groups in total. The normalized spacial score (nSPS) is 22.1. The molecule has 0 amide bonds. The lowest BCUT2D eigenvalue weighted by Gasteiger charge is -2.15. The number of carboxylic acid groups (broad SMARTS) is 1. The van der Waals surface area contributed by atoms with Crippen LogP contribution >= 0.6 is 0 Å². The van der Waals surface area contributed by atoms with E-state index >= 15 is 0 Å². The van der Waals surface area contributed by atoms with Crippen molar-refractivity contribution >= 4 is 5.97 Å². The van der Waals surface area contributed by atoms with Crippen molar-refractivity contribution in [1.29, 1.82) is 0 Å². The van der Waals surface area contributed by atoms with E-state index in [4.69, 9.17) is 5.11 Å². The van der Waals surface area contributed by atoms with Gasteiger partial charge in [0.05, 0.1) is 0 Å².